The maximum atomic E-state index is 3.71. The lowest BCUT2D eigenvalue weighted by Gasteiger charge is -2.33. The summed E-state index contributed by atoms with van der Waals surface area (Å²) in [7, 11) is -2.68. The van der Waals surface area contributed by atoms with Crippen LogP contribution in [0.5, 0.6) is 0 Å². The Hall–Kier alpha value is -1.73. The summed E-state index contributed by atoms with van der Waals surface area (Å²) in [6.07, 6.45) is 1.98. The first-order valence-corrected chi connectivity index (χ1v) is 17.0. The van der Waals surface area contributed by atoms with E-state index in [1.807, 2.05) is 0 Å². The number of para-hydroxylation sites is 1. The monoisotopic (exact) mass is 392 g/mol. The fraction of sp³-hybridized carbons (Fsp3) is 0.478. The molecule has 0 fully saturated rings. The van der Waals surface area contributed by atoms with Gasteiger partial charge in [-0.1, -0.05) is 63.4 Å². The molecular weight excluding hydrogens is 360 g/mol. The smallest absolute Gasteiger partial charge is 0.129 e. The lowest BCUT2D eigenvalue weighted by molar-refractivity contribution is 0.209. The molecule has 1 unspecified atom stereocenters. The zero-order valence-electron chi connectivity index (χ0n) is 17.7. The van der Waals surface area contributed by atoms with Crippen LogP contribution in [0.4, 0.5) is 0 Å². The molecule has 0 amide bonds. The Morgan fingerprint density at radius 1 is 1.00 bits per heavy atom. The summed E-state index contributed by atoms with van der Waals surface area (Å²) >= 11 is 0. The van der Waals surface area contributed by atoms with Gasteiger partial charge in [-0.3, -0.25) is 4.90 Å². The predicted molar refractivity (Wildman–Crippen MR) is 123 cm³/mol. The number of fused-ring (bicyclic) bond motifs is 3. The predicted octanol–water partition coefficient (Wildman–Crippen LogP) is 5.22. The normalized spacial score (nSPS) is 17.6. The number of aromatic amines is 1. The third-order valence-corrected chi connectivity index (χ3v) is 6.63. The fourth-order valence-electron chi connectivity index (χ4n) is 3.61. The van der Waals surface area contributed by atoms with E-state index in [1.54, 1.807) is 0 Å². The minimum Gasteiger partial charge on any atom is -0.357 e. The van der Waals surface area contributed by atoms with Gasteiger partial charge in [0.05, 0.1) is 12.6 Å². The van der Waals surface area contributed by atoms with Crippen molar-refractivity contribution >= 4 is 27.1 Å². The summed E-state index contributed by atoms with van der Waals surface area (Å²) in [5, 5.41) is 1.38. The van der Waals surface area contributed by atoms with Crippen molar-refractivity contribution in [2.75, 3.05) is 13.1 Å². The van der Waals surface area contributed by atoms with E-state index in [-0.39, 0.29) is 0 Å². The third kappa shape index (κ3) is 5.17. The van der Waals surface area contributed by atoms with Crippen molar-refractivity contribution in [3.05, 3.63) is 35.5 Å². The Labute approximate surface area is 166 Å². The van der Waals surface area contributed by atoms with Gasteiger partial charge in [-0.25, -0.2) is 0 Å². The van der Waals surface area contributed by atoms with Crippen LogP contribution in [0.1, 0.15) is 23.7 Å². The molecule has 0 aliphatic carbocycles. The standard InChI is InChI=1S/C23H32N2Si2/c1-26(2,3)17-9-13-22-23-20(19-11-7-8-12-21(19)24-23)14-16-25(22)15-10-18-27(4,5)6/h7-8,11-12,22,24H,13-16H2,1-6H3. The van der Waals surface area contributed by atoms with Crippen LogP contribution in [0.3, 0.4) is 0 Å². The van der Waals surface area contributed by atoms with Crippen molar-refractivity contribution in [3.63, 3.8) is 0 Å². The van der Waals surface area contributed by atoms with E-state index < -0.39 is 16.1 Å². The van der Waals surface area contributed by atoms with Gasteiger partial charge < -0.3 is 4.98 Å². The quantitative estimate of drug-likeness (QED) is 0.548. The highest BCUT2D eigenvalue weighted by Gasteiger charge is 2.29. The molecule has 1 N–H and O–H groups in total. The van der Waals surface area contributed by atoms with Crippen LogP contribution in [0.2, 0.25) is 39.3 Å². The van der Waals surface area contributed by atoms with Crippen LogP contribution in [-0.4, -0.2) is 39.1 Å². The van der Waals surface area contributed by atoms with Gasteiger partial charge in [0.25, 0.3) is 0 Å². The molecule has 27 heavy (non-hydrogen) atoms. The van der Waals surface area contributed by atoms with Gasteiger partial charge in [0.15, 0.2) is 0 Å². The molecule has 1 atom stereocenters. The third-order valence-electron chi connectivity index (χ3n) is 4.77. The highest BCUT2D eigenvalue weighted by atomic mass is 28.3. The van der Waals surface area contributed by atoms with Crippen LogP contribution in [0, 0.1) is 22.9 Å². The van der Waals surface area contributed by atoms with Crippen molar-refractivity contribution in [2.45, 2.75) is 58.2 Å². The minimum absolute atomic E-state index is 0.320. The molecular formula is C23H32N2Si2. The van der Waals surface area contributed by atoms with Gasteiger partial charge >= 0.3 is 0 Å². The molecule has 2 aromatic rings. The van der Waals surface area contributed by atoms with Crippen molar-refractivity contribution in [2.24, 2.45) is 0 Å². The molecule has 1 aromatic carbocycles. The summed E-state index contributed by atoms with van der Waals surface area (Å²) < 4.78 is 0. The Bertz CT molecular complexity index is 936. The number of rotatable bonds is 2. The van der Waals surface area contributed by atoms with Crippen LogP contribution in [0.15, 0.2) is 24.3 Å². The molecule has 2 nitrogen and oxygen atoms in total. The van der Waals surface area contributed by atoms with Gasteiger partial charge in [0.1, 0.15) is 16.1 Å². The van der Waals surface area contributed by atoms with Crippen LogP contribution < -0.4 is 0 Å². The second kappa shape index (κ2) is 7.72. The van der Waals surface area contributed by atoms with E-state index in [1.165, 1.54) is 22.2 Å². The molecule has 1 aliphatic heterocycles. The molecule has 1 aromatic heterocycles. The number of hydrogen-bond acceptors (Lipinski definition) is 1. The summed E-state index contributed by atoms with van der Waals surface area (Å²) in [5.41, 5.74) is 11.2. The number of aromatic nitrogens is 1. The van der Waals surface area contributed by atoms with Crippen molar-refractivity contribution in [3.8, 4) is 22.9 Å². The second-order valence-corrected chi connectivity index (χ2v) is 19.1. The van der Waals surface area contributed by atoms with E-state index in [2.05, 4.69) is 96.4 Å². The second-order valence-electron chi connectivity index (χ2n) is 9.61. The average Bonchev–Trinajstić information content (AvgIpc) is 2.93. The number of hydrogen-bond donors (Lipinski definition) is 1. The highest BCUT2D eigenvalue weighted by molar-refractivity contribution is 6.84. The molecule has 0 bridgehead atoms. The van der Waals surface area contributed by atoms with Crippen LogP contribution in [0.25, 0.3) is 10.9 Å². The zero-order valence-corrected chi connectivity index (χ0v) is 19.7. The fourth-order valence-corrected chi connectivity index (χ4v) is 4.85. The van der Waals surface area contributed by atoms with Gasteiger partial charge in [0, 0.05) is 29.6 Å². The average molecular weight is 393 g/mol. The number of H-pyrrole nitrogens is 1. The number of nitrogens with one attached hydrogen (secondary N) is 1. The van der Waals surface area contributed by atoms with E-state index in [0.717, 1.165) is 25.9 Å². The van der Waals surface area contributed by atoms with Gasteiger partial charge in [-0.05, 0) is 18.1 Å². The lowest BCUT2D eigenvalue weighted by Crippen LogP contribution is -2.36. The van der Waals surface area contributed by atoms with Crippen molar-refractivity contribution in [1.29, 1.82) is 0 Å². The van der Waals surface area contributed by atoms with E-state index in [0.29, 0.717) is 6.04 Å². The molecule has 1 aliphatic rings. The van der Waals surface area contributed by atoms with Crippen molar-refractivity contribution in [1.82, 2.24) is 9.88 Å². The maximum Gasteiger partial charge on any atom is 0.129 e. The van der Waals surface area contributed by atoms with Gasteiger partial charge in [0.2, 0.25) is 0 Å². The largest absolute Gasteiger partial charge is 0.357 e. The minimum atomic E-state index is -1.35. The first-order valence-electron chi connectivity index (χ1n) is 9.98. The van der Waals surface area contributed by atoms with Crippen molar-refractivity contribution < 1.29 is 0 Å². The van der Waals surface area contributed by atoms with Gasteiger partial charge in [-0.15, -0.1) is 17.0 Å². The molecule has 4 heteroatoms. The SMILES string of the molecule is C[Si](C)(C)C#CCC1c2[nH]c3ccccc3c2CCN1CC#C[Si](C)(C)C. The van der Waals surface area contributed by atoms with E-state index >= 15 is 0 Å². The summed E-state index contributed by atoms with van der Waals surface area (Å²) in [5.74, 6) is 7.01. The zero-order chi connectivity index (χ0) is 19.7. The summed E-state index contributed by atoms with van der Waals surface area (Å²) in [6, 6.07) is 9.01. The Morgan fingerprint density at radius 3 is 2.37 bits per heavy atom. The van der Waals surface area contributed by atoms with Crippen LogP contribution >= 0.6 is 0 Å². The molecule has 142 valence electrons. The Morgan fingerprint density at radius 2 is 1.67 bits per heavy atom. The maximum absolute atomic E-state index is 3.71. The van der Waals surface area contributed by atoms with E-state index in [4.69, 9.17) is 0 Å². The Kier molecular flexibility index (Phi) is 5.72. The number of nitrogens with zero attached hydrogens (tertiary/aromatic N) is 1. The van der Waals surface area contributed by atoms with Crippen LogP contribution in [-0.2, 0) is 6.42 Å². The number of benzene rings is 1. The molecule has 3 rings (SSSR count). The summed E-state index contributed by atoms with van der Waals surface area (Å²) in [6.45, 7) is 15.8. The highest BCUT2D eigenvalue weighted by Crippen LogP contribution is 2.35. The first-order chi connectivity index (χ1) is 12.6. The summed E-state index contributed by atoms with van der Waals surface area (Å²) in [4.78, 5) is 6.24. The molecule has 2 heterocycles. The van der Waals surface area contributed by atoms with Gasteiger partial charge in [-0.2, -0.15) is 0 Å². The first kappa shape index (κ1) is 20.0. The molecule has 0 saturated carbocycles. The molecule has 0 radical (unpaired) electrons. The molecule has 0 spiro atoms. The lowest BCUT2D eigenvalue weighted by atomic mass is 9.95. The topological polar surface area (TPSA) is 19.0 Å². The van der Waals surface area contributed by atoms with E-state index in [9.17, 15) is 0 Å². The molecule has 0 saturated heterocycles. The Balaban J connectivity index is 1.94.